The summed E-state index contributed by atoms with van der Waals surface area (Å²) < 4.78 is 15.8. The molecule has 57 heavy (non-hydrogen) atoms. The zero-order valence-corrected chi connectivity index (χ0v) is 35.0. The lowest BCUT2D eigenvalue weighted by Gasteiger charge is -2.40. The van der Waals surface area contributed by atoms with Crippen molar-refractivity contribution < 1.29 is 9.15 Å². The van der Waals surface area contributed by atoms with E-state index in [4.69, 9.17) is 9.15 Å². The van der Waals surface area contributed by atoms with Crippen molar-refractivity contribution >= 4 is 22.0 Å². The molecule has 1 aliphatic carbocycles. The molecule has 0 radical (unpaired) electrons. The molecule has 2 bridgehead atoms. The van der Waals surface area contributed by atoms with Crippen LogP contribution in [0.2, 0.25) is 0 Å². The van der Waals surface area contributed by atoms with Gasteiger partial charge in [-0.15, -0.1) is 0 Å². The number of unbranched alkanes of at least 4 members (excludes halogenated alkanes) is 2. The molecule has 4 aliphatic rings. The van der Waals surface area contributed by atoms with E-state index in [0.717, 1.165) is 70.0 Å². The van der Waals surface area contributed by atoms with Crippen LogP contribution in [-0.4, -0.2) is 88.3 Å². The van der Waals surface area contributed by atoms with Gasteiger partial charge in [0.25, 0.3) is 0 Å². The van der Waals surface area contributed by atoms with Gasteiger partial charge >= 0.3 is 5.76 Å². The fourth-order valence-electron chi connectivity index (χ4n) is 9.82. The monoisotopic (exact) mass is 776 g/mol. The van der Waals surface area contributed by atoms with Crippen LogP contribution in [0.25, 0.3) is 22.0 Å². The van der Waals surface area contributed by atoms with E-state index in [1.165, 1.54) is 106 Å². The summed E-state index contributed by atoms with van der Waals surface area (Å²) in [5.41, 5.74) is 5.76. The van der Waals surface area contributed by atoms with Crippen molar-refractivity contribution in [3.63, 3.8) is 0 Å². The number of likely N-dealkylation sites (tertiary alicyclic amines) is 1. The highest BCUT2D eigenvalue weighted by atomic mass is 16.5. The first-order valence-corrected chi connectivity index (χ1v) is 22.7. The Bertz CT molecular complexity index is 1980. The Morgan fingerprint density at radius 3 is 2.14 bits per heavy atom. The van der Waals surface area contributed by atoms with E-state index < -0.39 is 0 Å². The van der Waals surface area contributed by atoms with Gasteiger partial charge in [0.1, 0.15) is 0 Å². The Morgan fingerprint density at radius 1 is 0.632 bits per heavy atom. The minimum Gasteiger partial charge on any atom is -0.408 e. The van der Waals surface area contributed by atoms with Crippen molar-refractivity contribution in [2.45, 2.75) is 123 Å². The van der Waals surface area contributed by atoms with Crippen molar-refractivity contribution in [3.05, 3.63) is 107 Å². The van der Waals surface area contributed by atoms with Gasteiger partial charge in [0.15, 0.2) is 5.58 Å². The number of ether oxygens (including phenoxy) is 1. The first-order valence-electron chi connectivity index (χ1n) is 22.7. The van der Waals surface area contributed by atoms with Crippen LogP contribution in [0.1, 0.15) is 95.6 Å². The third kappa shape index (κ3) is 11.3. The van der Waals surface area contributed by atoms with E-state index in [-0.39, 0.29) is 5.76 Å². The number of oxazole rings is 1. The third-order valence-corrected chi connectivity index (χ3v) is 13.0. The van der Waals surface area contributed by atoms with Crippen LogP contribution in [0.3, 0.4) is 0 Å². The molecule has 9 rings (SSSR count). The van der Waals surface area contributed by atoms with Gasteiger partial charge in [-0.3, -0.25) is 9.47 Å². The molecule has 308 valence electrons. The molecule has 0 spiro atoms. The lowest BCUT2D eigenvalue weighted by molar-refractivity contribution is 0.0171. The molecule has 1 saturated carbocycles. The molecule has 3 aliphatic heterocycles. The number of hydrogen-bond donors (Lipinski definition) is 0. The Labute approximate surface area is 341 Å². The molecule has 2 atom stereocenters. The molecular weight excluding hydrogens is 707 g/mol. The number of para-hydroxylation sites is 3. The van der Waals surface area contributed by atoms with Crippen molar-refractivity contribution in [1.82, 2.24) is 23.8 Å². The van der Waals surface area contributed by atoms with Gasteiger partial charge < -0.3 is 23.5 Å². The molecule has 5 heterocycles. The third-order valence-electron chi connectivity index (χ3n) is 13.0. The Kier molecular flexibility index (Phi) is 15.5. The number of aromatic nitrogens is 2. The van der Waals surface area contributed by atoms with Crippen LogP contribution in [0, 0.1) is 5.92 Å². The van der Waals surface area contributed by atoms with Gasteiger partial charge in [0.2, 0.25) is 0 Å². The predicted octanol–water partition coefficient (Wildman–Crippen LogP) is 9.63. The van der Waals surface area contributed by atoms with Crippen molar-refractivity contribution in [2.75, 3.05) is 52.4 Å². The number of rotatable bonds is 11. The summed E-state index contributed by atoms with van der Waals surface area (Å²) in [6, 6.07) is 28.3. The number of nitrogens with zero attached hydrogens (tertiary/aromatic N) is 5. The normalized spacial score (nSPS) is 21.1. The second-order valence-electron chi connectivity index (χ2n) is 16.7. The van der Waals surface area contributed by atoms with Crippen LogP contribution in [0.5, 0.6) is 0 Å². The molecule has 2 aromatic heterocycles. The average molecular weight is 776 g/mol. The van der Waals surface area contributed by atoms with Gasteiger partial charge in [0.05, 0.1) is 18.2 Å². The minimum absolute atomic E-state index is 0.250. The maximum Gasteiger partial charge on any atom is 0.419 e. The summed E-state index contributed by atoms with van der Waals surface area (Å²) in [7, 11) is 0. The molecule has 8 heteroatoms. The van der Waals surface area contributed by atoms with E-state index in [1.54, 1.807) is 4.57 Å². The Balaban J connectivity index is 0.000000170. The second-order valence-corrected chi connectivity index (χ2v) is 16.7. The Hall–Kier alpha value is -3.69. The SMILES string of the molecule is CC.O=c1oc2ccccc2n1CCCCN1CC2CCC(C1)OCc1ccccc1C2.c1ccc2c(c1)ccn2CCCCN1CCN(C2CCCCC2)CC1. The Morgan fingerprint density at radius 2 is 1.32 bits per heavy atom. The fraction of sp³-hybridized carbons (Fsp3) is 0.571. The quantitative estimate of drug-likeness (QED) is 0.125. The molecule has 0 amide bonds. The van der Waals surface area contributed by atoms with Crippen LogP contribution >= 0.6 is 0 Å². The van der Waals surface area contributed by atoms with Crippen molar-refractivity contribution in [1.29, 1.82) is 0 Å². The second kappa shape index (κ2) is 21.4. The number of piperazine rings is 1. The topological polar surface area (TPSA) is 59.0 Å². The summed E-state index contributed by atoms with van der Waals surface area (Å²) in [6.07, 6.45) is 18.0. The molecule has 3 aromatic carbocycles. The first kappa shape index (κ1) is 41.5. The minimum atomic E-state index is -0.250. The predicted molar refractivity (Wildman–Crippen MR) is 235 cm³/mol. The molecule has 8 nitrogen and oxygen atoms in total. The van der Waals surface area contributed by atoms with E-state index in [9.17, 15) is 4.79 Å². The van der Waals surface area contributed by atoms with E-state index in [1.807, 2.05) is 38.1 Å². The summed E-state index contributed by atoms with van der Waals surface area (Å²) in [6.45, 7) is 16.2. The highest BCUT2D eigenvalue weighted by Crippen LogP contribution is 2.28. The van der Waals surface area contributed by atoms with Crippen LogP contribution in [0.15, 0.2) is 94.3 Å². The number of fused-ring (bicyclic) bond motifs is 6. The summed E-state index contributed by atoms with van der Waals surface area (Å²) in [4.78, 5) is 20.2. The summed E-state index contributed by atoms with van der Waals surface area (Å²) in [5, 5.41) is 1.36. The lowest BCUT2D eigenvalue weighted by atomic mass is 9.92. The smallest absolute Gasteiger partial charge is 0.408 e. The standard InChI is InChI=1S/C25H30N2O3.C22H33N3.C2H6/c28-25-27(23-9-3-4-10-24(23)30-25)14-6-5-13-26-16-19-11-12-22(17-26)29-18-21-8-2-1-7-20(21)15-19;1-2-9-21(10-3-1)24-18-16-23(17-19-24)13-6-7-14-25-15-12-20-8-4-5-11-22(20)25;1-2/h1-4,7-10,19,22H,5-6,11-18H2;4-5,8,11-12,15,21H,1-3,6-7,9-10,13-14,16-19H2;1-2H3. The maximum atomic E-state index is 12.2. The van der Waals surface area contributed by atoms with E-state index in [0.29, 0.717) is 24.1 Å². The highest BCUT2D eigenvalue weighted by Gasteiger charge is 2.27. The van der Waals surface area contributed by atoms with Crippen molar-refractivity contribution in [2.24, 2.45) is 5.92 Å². The lowest BCUT2D eigenvalue weighted by Crippen LogP contribution is -2.50. The average Bonchev–Trinajstić information content (AvgIpc) is 3.78. The summed E-state index contributed by atoms with van der Waals surface area (Å²) in [5.74, 6) is 0.443. The number of aryl methyl sites for hydroxylation is 2. The molecule has 5 aromatic rings. The van der Waals surface area contributed by atoms with E-state index >= 15 is 0 Å². The van der Waals surface area contributed by atoms with Gasteiger partial charge in [-0.1, -0.05) is 87.7 Å². The number of hydrogen-bond acceptors (Lipinski definition) is 6. The molecular formula is C49H69N5O3. The molecule has 0 N–H and O–H groups in total. The largest absolute Gasteiger partial charge is 0.419 e. The highest BCUT2D eigenvalue weighted by molar-refractivity contribution is 5.79. The molecule has 2 saturated heterocycles. The van der Waals surface area contributed by atoms with Gasteiger partial charge in [-0.2, -0.15) is 0 Å². The van der Waals surface area contributed by atoms with Crippen LogP contribution in [-0.2, 0) is 30.9 Å². The molecule has 3 fully saturated rings. The van der Waals surface area contributed by atoms with Gasteiger partial charge in [-0.25, -0.2) is 4.79 Å². The maximum absolute atomic E-state index is 12.2. The van der Waals surface area contributed by atoms with Crippen molar-refractivity contribution in [3.8, 4) is 0 Å². The van der Waals surface area contributed by atoms with Crippen LogP contribution < -0.4 is 5.76 Å². The number of benzene rings is 3. The van der Waals surface area contributed by atoms with Crippen LogP contribution in [0.4, 0.5) is 0 Å². The fourth-order valence-corrected chi connectivity index (χ4v) is 9.82. The van der Waals surface area contributed by atoms with E-state index in [2.05, 4.69) is 80.1 Å². The van der Waals surface area contributed by atoms with Gasteiger partial charge in [-0.05, 0) is 118 Å². The summed E-state index contributed by atoms with van der Waals surface area (Å²) >= 11 is 0. The first-order chi connectivity index (χ1) is 28.2. The molecule has 2 unspecified atom stereocenters. The zero-order chi connectivity index (χ0) is 39.2. The van der Waals surface area contributed by atoms with Gasteiger partial charge in [0, 0.05) is 70.1 Å². The zero-order valence-electron chi connectivity index (χ0n) is 35.0.